The minimum atomic E-state index is 0.242. The molecule has 0 aliphatic heterocycles. The number of benzene rings is 1. The van der Waals surface area contributed by atoms with E-state index in [1.807, 2.05) is 44.2 Å². The number of ether oxygens (including phenoxy) is 1. The molecule has 0 saturated carbocycles. The number of hydrogen-bond acceptors (Lipinski definition) is 5. The predicted molar refractivity (Wildman–Crippen MR) is 71.7 cm³/mol. The van der Waals surface area contributed by atoms with Crippen LogP contribution >= 0.6 is 0 Å². The quantitative estimate of drug-likeness (QED) is 0.865. The van der Waals surface area contributed by atoms with Crippen LogP contribution in [0.4, 0.5) is 11.5 Å². The van der Waals surface area contributed by atoms with Crippen LogP contribution in [0.25, 0.3) is 0 Å². The molecule has 0 spiro atoms. The van der Waals surface area contributed by atoms with Crippen molar-refractivity contribution in [2.24, 2.45) is 0 Å². The Bertz CT molecular complexity index is 514. The summed E-state index contributed by atoms with van der Waals surface area (Å²) in [5, 5.41) is 3.14. The van der Waals surface area contributed by atoms with Gasteiger partial charge in [0, 0.05) is 6.04 Å². The zero-order chi connectivity index (χ0) is 13.0. The molecule has 1 aromatic carbocycles. The first kappa shape index (κ1) is 12.2. The highest BCUT2D eigenvalue weighted by Crippen LogP contribution is 2.29. The maximum absolute atomic E-state index is 5.97. The molecule has 0 unspecified atom stereocenters. The summed E-state index contributed by atoms with van der Waals surface area (Å²) in [6.45, 7) is 4.03. The zero-order valence-electron chi connectivity index (χ0n) is 10.4. The van der Waals surface area contributed by atoms with Gasteiger partial charge in [-0.1, -0.05) is 18.2 Å². The van der Waals surface area contributed by atoms with Crippen molar-refractivity contribution in [3.8, 4) is 11.6 Å². The van der Waals surface area contributed by atoms with Crippen LogP contribution in [0.15, 0.2) is 36.7 Å². The molecule has 0 amide bonds. The predicted octanol–water partition coefficient (Wildman–Crippen LogP) is 2.67. The minimum Gasteiger partial charge on any atom is -0.437 e. The van der Waals surface area contributed by atoms with E-state index in [4.69, 9.17) is 10.5 Å². The van der Waals surface area contributed by atoms with Crippen LogP contribution in [0, 0.1) is 0 Å². The second-order valence-electron chi connectivity index (χ2n) is 4.16. The number of anilines is 2. The molecule has 94 valence electrons. The molecule has 1 aromatic heterocycles. The van der Waals surface area contributed by atoms with Crippen molar-refractivity contribution >= 4 is 11.5 Å². The zero-order valence-corrected chi connectivity index (χ0v) is 10.4. The maximum atomic E-state index is 5.97. The van der Waals surface area contributed by atoms with Crippen molar-refractivity contribution in [1.29, 1.82) is 0 Å². The van der Waals surface area contributed by atoms with E-state index in [1.54, 1.807) is 0 Å². The molecule has 5 heteroatoms. The van der Waals surface area contributed by atoms with Crippen molar-refractivity contribution in [2.75, 3.05) is 11.1 Å². The largest absolute Gasteiger partial charge is 0.437 e. The first-order valence-electron chi connectivity index (χ1n) is 5.76. The van der Waals surface area contributed by atoms with Crippen LogP contribution in [0.1, 0.15) is 13.8 Å². The Morgan fingerprint density at radius 1 is 1.17 bits per heavy atom. The fourth-order valence-electron chi connectivity index (χ4n) is 1.45. The number of nitrogens with zero attached hydrogens (tertiary/aromatic N) is 2. The van der Waals surface area contributed by atoms with E-state index in [1.165, 1.54) is 6.33 Å². The summed E-state index contributed by atoms with van der Waals surface area (Å²) in [5.74, 6) is 1.64. The lowest BCUT2D eigenvalue weighted by atomic mass is 10.3. The summed E-state index contributed by atoms with van der Waals surface area (Å²) in [7, 11) is 0. The van der Waals surface area contributed by atoms with Crippen LogP contribution < -0.4 is 15.8 Å². The molecule has 1 heterocycles. The lowest BCUT2D eigenvalue weighted by molar-refractivity contribution is 0.464. The van der Waals surface area contributed by atoms with Gasteiger partial charge in [-0.05, 0) is 26.0 Å². The number of nitrogen functional groups attached to an aromatic ring is 1. The van der Waals surface area contributed by atoms with E-state index in [0.29, 0.717) is 23.1 Å². The van der Waals surface area contributed by atoms with Crippen molar-refractivity contribution in [3.05, 3.63) is 36.7 Å². The highest BCUT2D eigenvalue weighted by molar-refractivity contribution is 5.67. The van der Waals surface area contributed by atoms with Crippen molar-refractivity contribution in [1.82, 2.24) is 9.97 Å². The SMILES string of the molecule is CC(C)Nc1ncnc(Oc2ccccc2)c1N. The minimum absolute atomic E-state index is 0.242. The fraction of sp³-hybridized carbons (Fsp3) is 0.231. The summed E-state index contributed by atoms with van der Waals surface area (Å²) < 4.78 is 5.62. The third kappa shape index (κ3) is 2.88. The van der Waals surface area contributed by atoms with Crippen LogP contribution in [-0.2, 0) is 0 Å². The lowest BCUT2D eigenvalue weighted by Gasteiger charge is -2.13. The van der Waals surface area contributed by atoms with Gasteiger partial charge in [-0.3, -0.25) is 0 Å². The summed E-state index contributed by atoms with van der Waals surface area (Å²) in [4.78, 5) is 8.14. The third-order valence-corrected chi connectivity index (χ3v) is 2.23. The molecule has 5 nitrogen and oxygen atoms in total. The van der Waals surface area contributed by atoms with Gasteiger partial charge in [0.15, 0.2) is 5.82 Å². The number of nitrogens with two attached hydrogens (primary N) is 1. The van der Waals surface area contributed by atoms with E-state index in [9.17, 15) is 0 Å². The Labute approximate surface area is 106 Å². The number of nitrogens with one attached hydrogen (secondary N) is 1. The maximum Gasteiger partial charge on any atom is 0.248 e. The molecule has 0 aliphatic carbocycles. The summed E-state index contributed by atoms with van der Waals surface area (Å²) in [6, 6.07) is 9.63. The highest BCUT2D eigenvalue weighted by Gasteiger charge is 2.10. The van der Waals surface area contributed by atoms with E-state index < -0.39 is 0 Å². The van der Waals surface area contributed by atoms with Gasteiger partial charge in [0.05, 0.1) is 0 Å². The summed E-state index contributed by atoms with van der Waals surface area (Å²) >= 11 is 0. The van der Waals surface area contributed by atoms with E-state index in [0.717, 1.165) is 0 Å². The summed E-state index contributed by atoms with van der Waals surface area (Å²) in [5.41, 5.74) is 6.38. The Balaban J connectivity index is 2.23. The Hall–Kier alpha value is -2.30. The molecule has 18 heavy (non-hydrogen) atoms. The van der Waals surface area contributed by atoms with Crippen molar-refractivity contribution in [2.45, 2.75) is 19.9 Å². The van der Waals surface area contributed by atoms with Crippen LogP contribution in [0.5, 0.6) is 11.6 Å². The standard InChI is InChI=1S/C13H16N4O/c1-9(2)17-12-11(14)13(16-8-15-12)18-10-6-4-3-5-7-10/h3-9H,14H2,1-2H3,(H,15,16,17). The van der Waals surface area contributed by atoms with Gasteiger partial charge in [-0.25, -0.2) is 4.98 Å². The topological polar surface area (TPSA) is 73.1 Å². The third-order valence-electron chi connectivity index (χ3n) is 2.23. The number of aromatic nitrogens is 2. The van der Waals surface area contributed by atoms with Gasteiger partial charge in [-0.15, -0.1) is 0 Å². The van der Waals surface area contributed by atoms with Gasteiger partial charge in [0.1, 0.15) is 17.8 Å². The Kier molecular flexibility index (Phi) is 3.62. The molecule has 3 N–H and O–H groups in total. The van der Waals surface area contributed by atoms with Gasteiger partial charge in [0.2, 0.25) is 5.88 Å². The molecule has 0 atom stereocenters. The van der Waals surface area contributed by atoms with Gasteiger partial charge >= 0.3 is 0 Å². The number of para-hydroxylation sites is 1. The normalized spacial score (nSPS) is 10.4. The highest BCUT2D eigenvalue weighted by atomic mass is 16.5. The van der Waals surface area contributed by atoms with Crippen molar-refractivity contribution in [3.63, 3.8) is 0 Å². The number of hydrogen-bond donors (Lipinski definition) is 2. The molecule has 2 rings (SSSR count). The molecule has 0 radical (unpaired) electrons. The summed E-state index contributed by atoms with van der Waals surface area (Å²) in [6.07, 6.45) is 1.43. The average molecular weight is 244 g/mol. The van der Waals surface area contributed by atoms with E-state index in [2.05, 4.69) is 15.3 Å². The first-order valence-corrected chi connectivity index (χ1v) is 5.76. The first-order chi connectivity index (χ1) is 8.66. The second kappa shape index (κ2) is 5.35. The van der Waals surface area contributed by atoms with Crippen molar-refractivity contribution < 1.29 is 4.74 Å². The second-order valence-corrected chi connectivity index (χ2v) is 4.16. The van der Waals surface area contributed by atoms with Gasteiger partial charge < -0.3 is 15.8 Å². The molecule has 0 saturated heterocycles. The Morgan fingerprint density at radius 3 is 2.56 bits per heavy atom. The molecule has 0 bridgehead atoms. The fourth-order valence-corrected chi connectivity index (χ4v) is 1.45. The van der Waals surface area contributed by atoms with E-state index in [-0.39, 0.29) is 6.04 Å². The average Bonchev–Trinajstić information content (AvgIpc) is 2.35. The Morgan fingerprint density at radius 2 is 1.89 bits per heavy atom. The van der Waals surface area contributed by atoms with Crippen LogP contribution in [-0.4, -0.2) is 16.0 Å². The van der Waals surface area contributed by atoms with Crippen LogP contribution in [0.2, 0.25) is 0 Å². The smallest absolute Gasteiger partial charge is 0.248 e. The van der Waals surface area contributed by atoms with Gasteiger partial charge in [-0.2, -0.15) is 4.98 Å². The number of rotatable bonds is 4. The molecule has 2 aromatic rings. The molecule has 0 fully saturated rings. The lowest BCUT2D eigenvalue weighted by Crippen LogP contribution is -2.13. The van der Waals surface area contributed by atoms with Crippen LogP contribution in [0.3, 0.4) is 0 Å². The van der Waals surface area contributed by atoms with Gasteiger partial charge in [0.25, 0.3) is 0 Å². The molecular weight excluding hydrogens is 228 g/mol. The molecular formula is C13H16N4O. The monoisotopic (exact) mass is 244 g/mol. The van der Waals surface area contributed by atoms with E-state index >= 15 is 0 Å². The molecule has 0 aliphatic rings.